The van der Waals surface area contributed by atoms with Gasteiger partial charge in [0.1, 0.15) is 42.8 Å². The van der Waals surface area contributed by atoms with E-state index < -0.39 is 0 Å². The predicted molar refractivity (Wildman–Crippen MR) is 280 cm³/mol. The lowest BCUT2D eigenvalue weighted by molar-refractivity contribution is 0.00474. The highest BCUT2D eigenvalue weighted by molar-refractivity contribution is 5.60. The van der Waals surface area contributed by atoms with Crippen molar-refractivity contribution in [3.63, 3.8) is 0 Å². The van der Waals surface area contributed by atoms with Gasteiger partial charge in [-0.1, -0.05) is 145 Å². The van der Waals surface area contributed by atoms with Crippen LogP contribution in [0.25, 0.3) is 0 Å². The van der Waals surface area contributed by atoms with Crippen LogP contribution in [0.4, 0.5) is 0 Å². The van der Waals surface area contributed by atoms with Crippen molar-refractivity contribution in [3.05, 3.63) is 145 Å². The van der Waals surface area contributed by atoms with Gasteiger partial charge in [0.2, 0.25) is 0 Å². The summed E-state index contributed by atoms with van der Waals surface area (Å²) in [6, 6.07) is 25.0. The molecule has 8 heteroatoms. The topological polar surface area (TPSA) is 77.5 Å². The molecule has 372 valence electrons. The first kappa shape index (κ1) is 51.9. The number of hydrogen-bond donors (Lipinski definition) is 0. The van der Waals surface area contributed by atoms with Crippen molar-refractivity contribution in [2.24, 2.45) is 0 Å². The third-order valence-electron chi connectivity index (χ3n) is 13.2. The molecule has 0 fully saturated rings. The summed E-state index contributed by atoms with van der Waals surface area (Å²) in [5.74, 6) is 3.58. The first-order valence-corrected chi connectivity index (χ1v) is 25.5. The van der Waals surface area contributed by atoms with E-state index in [1.165, 1.54) is 22.3 Å². The van der Waals surface area contributed by atoms with Gasteiger partial charge in [0.05, 0.1) is 51.9 Å². The number of fused-ring (bicyclic) bond motifs is 4. The molecule has 0 saturated heterocycles. The molecule has 0 amide bonds. The lowest BCUT2D eigenvalue weighted by Gasteiger charge is -2.29. The molecule has 0 radical (unpaired) electrons. The first-order chi connectivity index (χ1) is 32.7. The monoisotopic (exact) mass is 940 g/mol. The second-order valence-corrected chi connectivity index (χ2v) is 23.2. The van der Waals surface area contributed by atoms with Gasteiger partial charge in [-0.15, -0.1) is 0 Å². The first-order valence-electron chi connectivity index (χ1n) is 25.5. The van der Waals surface area contributed by atoms with Crippen LogP contribution in [0.3, 0.4) is 0 Å². The van der Waals surface area contributed by atoms with Crippen LogP contribution in [0.1, 0.15) is 169 Å². The Balaban J connectivity index is 1.60. The molecule has 0 atom stereocenters. The van der Waals surface area contributed by atoms with Gasteiger partial charge in [-0.3, -0.25) is 4.98 Å². The maximum atomic E-state index is 7.15. The van der Waals surface area contributed by atoms with E-state index in [1.807, 2.05) is 24.4 Å². The molecule has 7 rings (SSSR count). The molecule has 2 heterocycles. The minimum Gasteiger partial charge on any atom is -0.493 e. The third kappa shape index (κ3) is 13.5. The van der Waals surface area contributed by atoms with Crippen molar-refractivity contribution in [3.8, 4) is 23.0 Å². The number of nitrogens with zero attached hydrogens (tertiary/aromatic N) is 1. The van der Waals surface area contributed by atoms with E-state index >= 15 is 0 Å². The van der Waals surface area contributed by atoms with Crippen LogP contribution < -0.4 is 18.9 Å². The molecule has 1 aliphatic carbocycles. The molecule has 8 nitrogen and oxygen atoms in total. The molecule has 1 aliphatic heterocycles. The molecule has 0 spiro atoms. The van der Waals surface area contributed by atoms with Gasteiger partial charge >= 0.3 is 0 Å². The quantitative estimate of drug-likeness (QED) is 0.163. The largest absolute Gasteiger partial charge is 0.493 e. The lowest BCUT2D eigenvalue weighted by atomic mass is 9.79. The van der Waals surface area contributed by atoms with Crippen LogP contribution in [0.2, 0.25) is 0 Å². The number of pyridine rings is 1. The van der Waals surface area contributed by atoms with Gasteiger partial charge in [0.15, 0.2) is 0 Å². The summed E-state index contributed by atoms with van der Waals surface area (Å²) in [6.07, 6.45) is 5.11. The summed E-state index contributed by atoms with van der Waals surface area (Å²) in [7, 11) is 0. The SMILES string of the molecule is CCCOc1c2cc(C(C)(C)C)cc1Cc1cc(C(C)(C)C)cc(c1OCc1ccccn1)Cc1cc(C(C)(C)C)cc3c1OCCOCCOCCOCCOc1c(cc(C(C)(C)C)cc1C3)C2. The number of hydrogen-bond acceptors (Lipinski definition) is 8. The number of ether oxygens (including phenoxy) is 7. The Morgan fingerprint density at radius 2 is 0.768 bits per heavy atom. The van der Waals surface area contributed by atoms with Gasteiger partial charge in [-0.05, 0) is 107 Å². The van der Waals surface area contributed by atoms with E-state index in [9.17, 15) is 0 Å². The Bertz CT molecular complexity index is 2520. The fourth-order valence-corrected chi connectivity index (χ4v) is 9.14. The van der Waals surface area contributed by atoms with Crippen molar-refractivity contribution in [2.75, 3.05) is 59.5 Å². The molecule has 0 saturated carbocycles. The summed E-state index contributed by atoms with van der Waals surface area (Å²) in [5.41, 5.74) is 14.2. The van der Waals surface area contributed by atoms with Gasteiger partial charge in [-0.2, -0.15) is 0 Å². The van der Waals surface area contributed by atoms with E-state index in [4.69, 9.17) is 38.1 Å². The van der Waals surface area contributed by atoms with Crippen LogP contribution >= 0.6 is 0 Å². The van der Waals surface area contributed by atoms with E-state index in [-0.39, 0.29) is 21.7 Å². The minimum absolute atomic E-state index is 0.140. The van der Waals surface area contributed by atoms with Crippen molar-refractivity contribution in [2.45, 2.75) is 150 Å². The van der Waals surface area contributed by atoms with Crippen molar-refractivity contribution in [1.29, 1.82) is 0 Å². The van der Waals surface area contributed by atoms with E-state index in [1.54, 1.807) is 0 Å². The molecule has 2 aliphatic rings. The highest BCUT2D eigenvalue weighted by Crippen LogP contribution is 2.44. The van der Waals surface area contributed by atoms with Crippen molar-refractivity contribution >= 4 is 0 Å². The van der Waals surface area contributed by atoms with Gasteiger partial charge < -0.3 is 33.2 Å². The maximum absolute atomic E-state index is 7.15. The minimum atomic E-state index is -0.159. The Labute approximate surface area is 414 Å². The number of rotatable bonds is 6. The Hall–Kier alpha value is -4.89. The lowest BCUT2D eigenvalue weighted by Crippen LogP contribution is -2.19. The fraction of sp³-hybridized carbons (Fsp3) is 0.525. The summed E-state index contributed by atoms with van der Waals surface area (Å²) in [6.45, 7) is 34.3. The molecule has 1 aromatic heterocycles. The second-order valence-electron chi connectivity index (χ2n) is 23.2. The molecule has 5 aromatic rings. The average Bonchev–Trinajstić information content (AvgIpc) is 3.26. The standard InChI is InChI=1S/C61H81NO7/c1-14-19-66-54-41-28-43-34-50(59(5,6)7)35-44-29-45-36-51(60(8,9)10)37-46(56(45)68-27-25-65-23-21-63-20-22-64-24-26-67-55(43)44)31-48-39-52(61(11,12)13)38-47(30-42(54)33-49(32-41)58(2,3)4)57(48)69-40-53-17-15-16-18-62-53/h15-18,32-39H,14,19-31,40H2,1-13H3. The van der Waals surface area contributed by atoms with Crippen LogP contribution in [0.5, 0.6) is 23.0 Å². The molecule has 4 aromatic carbocycles. The van der Waals surface area contributed by atoms with Crippen LogP contribution in [0.15, 0.2) is 72.9 Å². The van der Waals surface area contributed by atoms with Gasteiger partial charge in [0.25, 0.3) is 0 Å². The Kier molecular flexibility index (Phi) is 16.6. The smallest absolute Gasteiger partial charge is 0.130 e. The molecule has 0 unspecified atom stereocenters. The normalized spacial score (nSPS) is 15.7. The zero-order valence-electron chi connectivity index (χ0n) is 44.3. The van der Waals surface area contributed by atoms with Gasteiger partial charge in [0, 0.05) is 31.9 Å². The van der Waals surface area contributed by atoms with E-state index in [0.717, 1.165) is 79.6 Å². The van der Waals surface area contributed by atoms with Crippen LogP contribution in [0, 0.1) is 0 Å². The van der Waals surface area contributed by atoms with Gasteiger partial charge in [-0.25, -0.2) is 0 Å². The summed E-state index contributed by atoms with van der Waals surface area (Å²) in [4.78, 5) is 4.70. The van der Waals surface area contributed by atoms with Crippen molar-refractivity contribution < 1.29 is 33.2 Å². The predicted octanol–water partition coefficient (Wildman–Crippen LogP) is 13.1. The summed E-state index contributed by atoms with van der Waals surface area (Å²) >= 11 is 0. The third-order valence-corrected chi connectivity index (χ3v) is 13.2. The summed E-state index contributed by atoms with van der Waals surface area (Å²) in [5, 5.41) is 0. The van der Waals surface area contributed by atoms with Crippen LogP contribution in [-0.4, -0.2) is 64.4 Å². The number of aromatic nitrogens is 1. The molecular formula is C61H81NO7. The average molecular weight is 940 g/mol. The van der Waals surface area contributed by atoms with Crippen LogP contribution in [-0.2, 0) is 68.2 Å². The fourth-order valence-electron chi connectivity index (χ4n) is 9.14. The van der Waals surface area contributed by atoms with Crippen molar-refractivity contribution in [1.82, 2.24) is 4.98 Å². The van der Waals surface area contributed by atoms with E-state index in [2.05, 4.69) is 139 Å². The Morgan fingerprint density at radius 1 is 0.435 bits per heavy atom. The van der Waals surface area contributed by atoms with E-state index in [0.29, 0.717) is 91.8 Å². The molecular weight excluding hydrogens is 859 g/mol. The second kappa shape index (κ2) is 22.0. The zero-order chi connectivity index (χ0) is 49.6. The molecule has 0 N–H and O–H groups in total. The zero-order valence-corrected chi connectivity index (χ0v) is 44.3. The number of benzene rings is 4. The molecule has 10 bridgehead atoms. The maximum Gasteiger partial charge on any atom is 0.130 e. The summed E-state index contributed by atoms with van der Waals surface area (Å²) < 4.78 is 46.3. The highest BCUT2D eigenvalue weighted by atomic mass is 16.6. The molecule has 69 heavy (non-hydrogen) atoms. The highest BCUT2D eigenvalue weighted by Gasteiger charge is 2.29. The Morgan fingerprint density at radius 3 is 1.12 bits per heavy atom.